The van der Waals surface area contributed by atoms with Gasteiger partial charge >= 0.3 is 0 Å². The normalized spacial score (nSPS) is 22.5. The second kappa shape index (κ2) is 7.41. The van der Waals surface area contributed by atoms with Crippen molar-refractivity contribution in [3.8, 4) is 5.75 Å². The maximum atomic E-state index is 5.95. The number of nitrogens with one attached hydrogen (secondary N) is 1. The van der Waals surface area contributed by atoms with Crippen molar-refractivity contribution in [3.05, 3.63) is 18.2 Å². The molecule has 0 bridgehead atoms. The number of nitrogens with two attached hydrogens (primary N) is 1. The molecule has 1 saturated carbocycles. The van der Waals surface area contributed by atoms with Gasteiger partial charge in [0.05, 0.1) is 12.3 Å². The third-order valence-electron chi connectivity index (χ3n) is 4.27. The predicted octanol–water partition coefficient (Wildman–Crippen LogP) is 4.44. The maximum absolute atomic E-state index is 5.95. The Morgan fingerprint density at radius 3 is 2.60 bits per heavy atom. The molecule has 0 amide bonds. The fraction of sp³-hybridized carbons (Fsp3) is 0.647. The first kappa shape index (κ1) is 15.0. The Hall–Kier alpha value is -1.38. The van der Waals surface area contributed by atoms with E-state index in [-0.39, 0.29) is 0 Å². The van der Waals surface area contributed by atoms with E-state index in [1.165, 1.54) is 32.1 Å². The molecule has 0 atom stereocenters. The topological polar surface area (TPSA) is 47.3 Å². The lowest BCUT2D eigenvalue weighted by Crippen LogP contribution is -2.25. The number of nitrogen functional groups attached to an aromatic ring is 1. The van der Waals surface area contributed by atoms with Crippen LogP contribution in [0.2, 0.25) is 0 Å². The van der Waals surface area contributed by atoms with Gasteiger partial charge in [0.15, 0.2) is 0 Å². The standard InChI is InChI=1S/C17H28N2O/c1-3-11-20-17-12-15(9-10-16(17)18)19-14-7-5-13(4-2)6-8-14/h9-10,12-14,19H,3-8,11,18H2,1-2H3. The van der Waals surface area contributed by atoms with E-state index in [9.17, 15) is 0 Å². The molecule has 3 N–H and O–H groups in total. The average Bonchev–Trinajstić information content (AvgIpc) is 2.48. The zero-order valence-electron chi connectivity index (χ0n) is 12.8. The zero-order chi connectivity index (χ0) is 14.4. The third-order valence-corrected chi connectivity index (χ3v) is 4.27. The van der Waals surface area contributed by atoms with E-state index in [0.29, 0.717) is 6.04 Å². The van der Waals surface area contributed by atoms with Gasteiger partial charge < -0.3 is 15.8 Å². The van der Waals surface area contributed by atoms with E-state index in [1.54, 1.807) is 0 Å². The Labute approximate surface area is 122 Å². The summed E-state index contributed by atoms with van der Waals surface area (Å²) < 4.78 is 5.69. The van der Waals surface area contributed by atoms with Crippen LogP contribution in [0.5, 0.6) is 5.75 Å². The summed E-state index contributed by atoms with van der Waals surface area (Å²) in [6, 6.07) is 6.63. The van der Waals surface area contributed by atoms with E-state index < -0.39 is 0 Å². The van der Waals surface area contributed by atoms with Crippen molar-refractivity contribution >= 4 is 11.4 Å². The monoisotopic (exact) mass is 276 g/mol. The van der Waals surface area contributed by atoms with Crippen molar-refractivity contribution in [1.29, 1.82) is 0 Å². The van der Waals surface area contributed by atoms with Crippen molar-refractivity contribution in [1.82, 2.24) is 0 Å². The van der Waals surface area contributed by atoms with Gasteiger partial charge in [-0.05, 0) is 50.2 Å². The highest BCUT2D eigenvalue weighted by Crippen LogP contribution is 2.31. The molecule has 0 saturated heterocycles. The summed E-state index contributed by atoms with van der Waals surface area (Å²) in [7, 11) is 0. The number of anilines is 2. The SMILES string of the molecule is CCCOc1cc(NC2CCC(CC)CC2)ccc1N. The van der Waals surface area contributed by atoms with Crippen LogP contribution < -0.4 is 15.8 Å². The summed E-state index contributed by atoms with van der Waals surface area (Å²) in [4.78, 5) is 0. The van der Waals surface area contributed by atoms with Gasteiger partial charge in [-0.15, -0.1) is 0 Å². The summed E-state index contributed by atoms with van der Waals surface area (Å²) in [6.07, 6.45) is 7.56. The fourth-order valence-electron chi connectivity index (χ4n) is 2.91. The Kier molecular flexibility index (Phi) is 5.57. The Morgan fingerprint density at radius 2 is 1.95 bits per heavy atom. The van der Waals surface area contributed by atoms with Gasteiger partial charge in [-0.25, -0.2) is 0 Å². The molecule has 112 valence electrons. The third kappa shape index (κ3) is 4.06. The molecule has 0 aliphatic heterocycles. The highest BCUT2D eigenvalue weighted by atomic mass is 16.5. The summed E-state index contributed by atoms with van der Waals surface area (Å²) in [5.41, 5.74) is 7.80. The van der Waals surface area contributed by atoms with Crippen LogP contribution in [-0.4, -0.2) is 12.6 Å². The molecule has 3 heteroatoms. The van der Waals surface area contributed by atoms with Gasteiger partial charge in [0.25, 0.3) is 0 Å². The highest BCUT2D eigenvalue weighted by molar-refractivity contribution is 5.61. The van der Waals surface area contributed by atoms with E-state index in [1.807, 2.05) is 12.1 Å². The Bertz CT molecular complexity index is 411. The minimum atomic E-state index is 0.598. The molecule has 0 radical (unpaired) electrons. The van der Waals surface area contributed by atoms with Crippen molar-refractivity contribution in [2.75, 3.05) is 17.7 Å². The smallest absolute Gasteiger partial charge is 0.144 e. The number of hydrogen-bond donors (Lipinski definition) is 2. The van der Waals surface area contributed by atoms with Crippen LogP contribution in [0.25, 0.3) is 0 Å². The molecular formula is C17H28N2O. The van der Waals surface area contributed by atoms with Crippen LogP contribution in [0.1, 0.15) is 52.4 Å². The summed E-state index contributed by atoms with van der Waals surface area (Å²) in [5, 5.41) is 3.63. The predicted molar refractivity (Wildman–Crippen MR) is 86.3 cm³/mol. The number of benzene rings is 1. The van der Waals surface area contributed by atoms with Crippen molar-refractivity contribution in [3.63, 3.8) is 0 Å². The summed E-state index contributed by atoms with van der Waals surface area (Å²) in [6.45, 7) is 5.12. The second-order valence-electron chi connectivity index (χ2n) is 5.87. The quantitative estimate of drug-likeness (QED) is 0.755. The van der Waals surface area contributed by atoms with Gasteiger partial charge in [0, 0.05) is 17.8 Å². The molecule has 1 aliphatic rings. The first-order valence-corrected chi connectivity index (χ1v) is 8.01. The molecule has 2 rings (SSSR count). The van der Waals surface area contributed by atoms with Crippen LogP contribution >= 0.6 is 0 Å². The molecule has 1 aliphatic carbocycles. The molecule has 1 aromatic carbocycles. The summed E-state index contributed by atoms with van der Waals surface area (Å²) in [5.74, 6) is 1.74. The molecular weight excluding hydrogens is 248 g/mol. The van der Waals surface area contributed by atoms with E-state index in [2.05, 4.69) is 25.2 Å². The van der Waals surface area contributed by atoms with Crippen LogP contribution in [0, 0.1) is 5.92 Å². The number of ether oxygens (including phenoxy) is 1. The number of hydrogen-bond acceptors (Lipinski definition) is 3. The van der Waals surface area contributed by atoms with Crippen LogP contribution in [-0.2, 0) is 0 Å². The molecule has 20 heavy (non-hydrogen) atoms. The van der Waals surface area contributed by atoms with E-state index in [0.717, 1.165) is 36.1 Å². The highest BCUT2D eigenvalue weighted by Gasteiger charge is 2.19. The van der Waals surface area contributed by atoms with Gasteiger partial charge in [-0.1, -0.05) is 20.3 Å². The summed E-state index contributed by atoms with van der Waals surface area (Å²) >= 11 is 0. The van der Waals surface area contributed by atoms with E-state index >= 15 is 0 Å². The largest absolute Gasteiger partial charge is 0.491 e. The maximum Gasteiger partial charge on any atom is 0.144 e. The van der Waals surface area contributed by atoms with E-state index in [4.69, 9.17) is 10.5 Å². The van der Waals surface area contributed by atoms with Gasteiger partial charge in [0.1, 0.15) is 5.75 Å². The molecule has 0 aromatic heterocycles. The van der Waals surface area contributed by atoms with Crippen LogP contribution in [0.15, 0.2) is 18.2 Å². The molecule has 0 unspecified atom stereocenters. The first-order chi connectivity index (χ1) is 9.72. The first-order valence-electron chi connectivity index (χ1n) is 8.01. The van der Waals surface area contributed by atoms with Gasteiger partial charge in [-0.3, -0.25) is 0 Å². The average molecular weight is 276 g/mol. The lowest BCUT2D eigenvalue weighted by molar-refractivity contribution is 0.318. The Balaban J connectivity index is 1.92. The van der Waals surface area contributed by atoms with Crippen molar-refractivity contribution in [2.45, 2.75) is 58.4 Å². The molecule has 0 heterocycles. The minimum Gasteiger partial charge on any atom is -0.491 e. The van der Waals surface area contributed by atoms with Crippen LogP contribution in [0.3, 0.4) is 0 Å². The lowest BCUT2D eigenvalue weighted by Gasteiger charge is -2.29. The second-order valence-corrected chi connectivity index (χ2v) is 5.87. The fourth-order valence-corrected chi connectivity index (χ4v) is 2.91. The van der Waals surface area contributed by atoms with Gasteiger partial charge in [-0.2, -0.15) is 0 Å². The molecule has 3 nitrogen and oxygen atoms in total. The Morgan fingerprint density at radius 1 is 1.20 bits per heavy atom. The number of rotatable bonds is 6. The molecule has 1 fully saturated rings. The molecule has 0 spiro atoms. The lowest BCUT2D eigenvalue weighted by atomic mass is 9.84. The van der Waals surface area contributed by atoms with Gasteiger partial charge in [0.2, 0.25) is 0 Å². The van der Waals surface area contributed by atoms with Crippen molar-refractivity contribution in [2.24, 2.45) is 5.92 Å². The van der Waals surface area contributed by atoms with Crippen LogP contribution in [0.4, 0.5) is 11.4 Å². The molecule has 1 aromatic rings. The minimum absolute atomic E-state index is 0.598. The van der Waals surface area contributed by atoms with Crippen molar-refractivity contribution < 1.29 is 4.74 Å². The zero-order valence-corrected chi connectivity index (χ0v) is 12.8.